The molecule has 0 bridgehead atoms. The Balaban J connectivity index is 2.21. The Morgan fingerprint density at radius 1 is 1.12 bits per heavy atom. The summed E-state index contributed by atoms with van der Waals surface area (Å²) < 4.78 is 0. The molecule has 2 nitrogen and oxygen atoms in total. The molecular formula is C12H18Cl2N2. The second kappa shape index (κ2) is 7.77. The summed E-state index contributed by atoms with van der Waals surface area (Å²) in [5.41, 5.74) is 0.934. The highest BCUT2D eigenvalue weighted by Crippen LogP contribution is 2.24. The zero-order chi connectivity index (χ0) is 11.8. The summed E-state index contributed by atoms with van der Waals surface area (Å²) in [4.78, 5) is 0. The minimum atomic E-state index is 0.664. The van der Waals surface area contributed by atoms with Gasteiger partial charge in [0.2, 0.25) is 0 Å². The minimum Gasteiger partial charge on any atom is -0.383 e. The van der Waals surface area contributed by atoms with Gasteiger partial charge in [0.25, 0.3) is 0 Å². The Labute approximate surface area is 107 Å². The summed E-state index contributed by atoms with van der Waals surface area (Å²) >= 11 is 11.8. The van der Waals surface area contributed by atoms with Gasteiger partial charge in [0.05, 0.1) is 10.7 Å². The van der Waals surface area contributed by atoms with E-state index in [-0.39, 0.29) is 0 Å². The van der Waals surface area contributed by atoms with Crippen LogP contribution in [0.2, 0.25) is 10.0 Å². The highest BCUT2D eigenvalue weighted by molar-refractivity contribution is 6.36. The predicted octanol–water partition coefficient (Wildman–Crippen LogP) is 3.80. The molecule has 0 spiro atoms. The SMILES string of the molecule is CCCCNCCNc1ccc(Cl)cc1Cl. The Kier molecular flexibility index (Phi) is 6.62. The molecule has 90 valence electrons. The second-order valence-electron chi connectivity index (χ2n) is 3.65. The van der Waals surface area contributed by atoms with Gasteiger partial charge in [-0.2, -0.15) is 0 Å². The van der Waals surface area contributed by atoms with Crippen molar-refractivity contribution >= 4 is 28.9 Å². The van der Waals surface area contributed by atoms with E-state index >= 15 is 0 Å². The lowest BCUT2D eigenvalue weighted by atomic mass is 10.3. The zero-order valence-electron chi connectivity index (χ0n) is 9.52. The van der Waals surface area contributed by atoms with E-state index in [0.29, 0.717) is 10.0 Å². The lowest BCUT2D eigenvalue weighted by Crippen LogP contribution is -2.23. The summed E-state index contributed by atoms with van der Waals surface area (Å²) in [6.07, 6.45) is 2.45. The molecule has 0 amide bonds. The molecule has 0 aliphatic carbocycles. The van der Waals surface area contributed by atoms with Crippen LogP contribution in [-0.2, 0) is 0 Å². The molecule has 16 heavy (non-hydrogen) atoms. The number of hydrogen-bond acceptors (Lipinski definition) is 2. The van der Waals surface area contributed by atoms with E-state index in [4.69, 9.17) is 23.2 Å². The maximum atomic E-state index is 6.02. The zero-order valence-corrected chi connectivity index (χ0v) is 11.0. The highest BCUT2D eigenvalue weighted by Gasteiger charge is 1.99. The molecule has 1 rings (SSSR count). The van der Waals surface area contributed by atoms with E-state index in [1.54, 1.807) is 6.07 Å². The van der Waals surface area contributed by atoms with Crippen LogP contribution in [0.25, 0.3) is 0 Å². The molecule has 0 heterocycles. The van der Waals surface area contributed by atoms with E-state index in [0.717, 1.165) is 25.3 Å². The molecule has 0 aliphatic rings. The molecule has 4 heteroatoms. The number of nitrogens with one attached hydrogen (secondary N) is 2. The highest BCUT2D eigenvalue weighted by atomic mass is 35.5. The number of halogens is 2. The Morgan fingerprint density at radius 2 is 1.94 bits per heavy atom. The normalized spacial score (nSPS) is 10.4. The molecule has 0 atom stereocenters. The van der Waals surface area contributed by atoms with Crippen LogP contribution in [0.5, 0.6) is 0 Å². The fourth-order valence-electron chi connectivity index (χ4n) is 1.35. The van der Waals surface area contributed by atoms with E-state index < -0.39 is 0 Å². The quantitative estimate of drug-likeness (QED) is 0.729. The van der Waals surface area contributed by atoms with Crippen LogP contribution in [0.3, 0.4) is 0 Å². The van der Waals surface area contributed by atoms with Crippen LogP contribution >= 0.6 is 23.2 Å². The van der Waals surface area contributed by atoms with Crippen molar-refractivity contribution in [3.63, 3.8) is 0 Å². The van der Waals surface area contributed by atoms with E-state index in [2.05, 4.69) is 17.6 Å². The van der Waals surface area contributed by atoms with Crippen molar-refractivity contribution in [1.29, 1.82) is 0 Å². The number of hydrogen-bond donors (Lipinski definition) is 2. The van der Waals surface area contributed by atoms with Crippen molar-refractivity contribution in [3.8, 4) is 0 Å². The van der Waals surface area contributed by atoms with Crippen molar-refractivity contribution in [3.05, 3.63) is 28.2 Å². The van der Waals surface area contributed by atoms with E-state index in [9.17, 15) is 0 Å². The number of rotatable bonds is 7. The molecule has 0 saturated heterocycles. The molecule has 0 radical (unpaired) electrons. The van der Waals surface area contributed by atoms with Crippen LogP contribution in [0, 0.1) is 0 Å². The second-order valence-corrected chi connectivity index (χ2v) is 4.50. The molecule has 0 aliphatic heterocycles. The van der Waals surface area contributed by atoms with E-state index in [1.165, 1.54) is 12.8 Å². The minimum absolute atomic E-state index is 0.664. The first-order chi connectivity index (χ1) is 7.74. The summed E-state index contributed by atoms with van der Waals surface area (Å²) in [7, 11) is 0. The van der Waals surface area contributed by atoms with Gasteiger partial charge in [0.15, 0.2) is 0 Å². The van der Waals surface area contributed by atoms with Gasteiger partial charge in [-0.05, 0) is 31.2 Å². The monoisotopic (exact) mass is 260 g/mol. The maximum Gasteiger partial charge on any atom is 0.0652 e. The molecule has 0 aromatic heterocycles. The smallest absolute Gasteiger partial charge is 0.0652 e. The van der Waals surface area contributed by atoms with Gasteiger partial charge in [0, 0.05) is 18.1 Å². The Bertz CT molecular complexity index is 316. The fraction of sp³-hybridized carbons (Fsp3) is 0.500. The van der Waals surface area contributed by atoms with Gasteiger partial charge >= 0.3 is 0 Å². The van der Waals surface area contributed by atoms with Crippen LogP contribution in [-0.4, -0.2) is 19.6 Å². The molecule has 1 aromatic rings. The molecular weight excluding hydrogens is 243 g/mol. The third-order valence-corrected chi connectivity index (χ3v) is 2.80. The average molecular weight is 261 g/mol. The maximum absolute atomic E-state index is 6.02. The third kappa shape index (κ3) is 5.06. The van der Waals surface area contributed by atoms with Gasteiger partial charge in [-0.25, -0.2) is 0 Å². The molecule has 0 unspecified atom stereocenters. The predicted molar refractivity (Wildman–Crippen MR) is 72.7 cm³/mol. The van der Waals surface area contributed by atoms with Crippen LogP contribution in [0.4, 0.5) is 5.69 Å². The molecule has 0 saturated carbocycles. The van der Waals surface area contributed by atoms with Crippen molar-refractivity contribution < 1.29 is 0 Å². The summed E-state index contributed by atoms with van der Waals surface area (Å²) in [5, 5.41) is 7.95. The Hall–Kier alpha value is -0.440. The molecule has 2 N–H and O–H groups in total. The van der Waals surface area contributed by atoms with Gasteiger partial charge in [-0.1, -0.05) is 36.5 Å². The average Bonchev–Trinajstić information content (AvgIpc) is 2.26. The van der Waals surface area contributed by atoms with Gasteiger partial charge in [-0.15, -0.1) is 0 Å². The van der Waals surface area contributed by atoms with Crippen molar-refractivity contribution in [2.24, 2.45) is 0 Å². The Morgan fingerprint density at radius 3 is 2.62 bits per heavy atom. The number of unbranched alkanes of at least 4 members (excludes halogenated alkanes) is 1. The van der Waals surface area contributed by atoms with Crippen molar-refractivity contribution in [1.82, 2.24) is 5.32 Å². The number of anilines is 1. The standard InChI is InChI=1S/C12H18Cl2N2/c1-2-3-6-15-7-8-16-12-5-4-10(13)9-11(12)14/h4-5,9,15-16H,2-3,6-8H2,1H3. The fourth-order valence-corrected chi connectivity index (χ4v) is 1.82. The lowest BCUT2D eigenvalue weighted by Gasteiger charge is -2.09. The van der Waals surface area contributed by atoms with Gasteiger partial charge in [0.1, 0.15) is 0 Å². The van der Waals surface area contributed by atoms with E-state index in [1.807, 2.05) is 12.1 Å². The molecule has 0 fully saturated rings. The van der Waals surface area contributed by atoms with Crippen LogP contribution < -0.4 is 10.6 Å². The number of benzene rings is 1. The van der Waals surface area contributed by atoms with Gasteiger partial charge < -0.3 is 10.6 Å². The first-order valence-corrected chi connectivity index (χ1v) is 6.39. The van der Waals surface area contributed by atoms with Crippen LogP contribution in [0.1, 0.15) is 19.8 Å². The largest absolute Gasteiger partial charge is 0.383 e. The van der Waals surface area contributed by atoms with Gasteiger partial charge in [-0.3, -0.25) is 0 Å². The third-order valence-electron chi connectivity index (χ3n) is 2.26. The summed E-state index contributed by atoms with van der Waals surface area (Å²) in [6.45, 7) is 5.07. The molecule has 1 aromatic carbocycles. The first kappa shape index (κ1) is 13.6. The van der Waals surface area contributed by atoms with Crippen molar-refractivity contribution in [2.75, 3.05) is 25.0 Å². The first-order valence-electron chi connectivity index (χ1n) is 5.63. The van der Waals surface area contributed by atoms with Crippen molar-refractivity contribution in [2.45, 2.75) is 19.8 Å². The van der Waals surface area contributed by atoms with Crippen LogP contribution in [0.15, 0.2) is 18.2 Å². The lowest BCUT2D eigenvalue weighted by molar-refractivity contribution is 0.652. The summed E-state index contributed by atoms with van der Waals surface area (Å²) in [6, 6.07) is 5.48. The topological polar surface area (TPSA) is 24.1 Å². The summed E-state index contributed by atoms with van der Waals surface area (Å²) in [5.74, 6) is 0.